The SMILES string of the molecule is CCOc1ccc(NC(=NC)NCc2cccc(NC(=O)c3ccco3)c2)cc1OC. The summed E-state index contributed by atoms with van der Waals surface area (Å²) in [5.74, 6) is 1.89. The molecule has 3 rings (SSSR count). The van der Waals surface area contributed by atoms with Gasteiger partial charge in [-0.05, 0) is 48.9 Å². The Morgan fingerprint density at radius 3 is 2.58 bits per heavy atom. The Labute approximate surface area is 181 Å². The molecule has 0 saturated heterocycles. The van der Waals surface area contributed by atoms with Crippen molar-refractivity contribution in [1.82, 2.24) is 5.32 Å². The number of rotatable bonds is 8. The first-order valence-electron chi connectivity index (χ1n) is 9.85. The molecule has 1 heterocycles. The van der Waals surface area contributed by atoms with Crippen LogP contribution in [0.3, 0.4) is 0 Å². The van der Waals surface area contributed by atoms with Gasteiger partial charge in [-0.2, -0.15) is 0 Å². The largest absolute Gasteiger partial charge is 0.493 e. The number of benzene rings is 2. The molecule has 0 bridgehead atoms. The van der Waals surface area contributed by atoms with Gasteiger partial charge in [-0.1, -0.05) is 12.1 Å². The first kappa shape index (κ1) is 21.8. The van der Waals surface area contributed by atoms with Crippen LogP contribution in [0.15, 0.2) is 70.3 Å². The number of anilines is 2. The number of carbonyl (C=O) groups excluding carboxylic acids is 1. The predicted molar refractivity (Wildman–Crippen MR) is 121 cm³/mol. The number of nitrogens with one attached hydrogen (secondary N) is 3. The van der Waals surface area contributed by atoms with Crippen LogP contribution in [0.1, 0.15) is 23.0 Å². The standard InChI is InChI=1S/C23H26N4O4/c1-4-30-19-11-10-18(14-21(19)29-3)27-23(24-2)25-15-16-7-5-8-17(13-16)26-22(28)20-9-6-12-31-20/h5-14H,4,15H2,1-3H3,(H,26,28)(H2,24,25,27). The Hall–Kier alpha value is -3.94. The first-order valence-corrected chi connectivity index (χ1v) is 9.85. The molecule has 8 heteroatoms. The summed E-state index contributed by atoms with van der Waals surface area (Å²) in [6.07, 6.45) is 1.47. The zero-order valence-electron chi connectivity index (χ0n) is 17.8. The second kappa shape index (κ2) is 10.7. The number of ether oxygens (including phenoxy) is 2. The molecule has 2 aromatic carbocycles. The van der Waals surface area contributed by atoms with E-state index in [1.165, 1.54) is 6.26 Å². The number of aliphatic imine (C=N–C) groups is 1. The molecule has 1 amide bonds. The lowest BCUT2D eigenvalue weighted by atomic mass is 10.2. The predicted octanol–water partition coefficient (Wildman–Crippen LogP) is 4.13. The Morgan fingerprint density at radius 1 is 1.03 bits per heavy atom. The van der Waals surface area contributed by atoms with Crippen LogP contribution in [0, 0.1) is 0 Å². The highest BCUT2D eigenvalue weighted by molar-refractivity contribution is 6.02. The van der Waals surface area contributed by atoms with Gasteiger partial charge in [-0.3, -0.25) is 9.79 Å². The van der Waals surface area contributed by atoms with E-state index in [2.05, 4.69) is 20.9 Å². The van der Waals surface area contributed by atoms with Crippen LogP contribution in [0.5, 0.6) is 11.5 Å². The van der Waals surface area contributed by atoms with E-state index in [1.54, 1.807) is 26.3 Å². The van der Waals surface area contributed by atoms with Crippen LogP contribution in [0.2, 0.25) is 0 Å². The second-order valence-corrected chi connectivity index (χ2v) is 6.48. The van der Waals surface area contributed by atoms with Crippen LogP contribution < -0.4 is 25.4 Å². The van der Waals surface area contributed by atoms with Crippen molar-refractivity contribution in [3.63, 3.8) is 0 Å². The molecule has 0 fully saturated rings. The van der Waals surface area contributed by atoms with Crippen molar-refractivity contribution in [2.45, 2.75) is 13.5 Å². The molecule has 3 aromatic rings. The van der Waals surface area contributed by atoms with Gasteiger partial charge in [0, 0.05) is 31.0 Å². The summed E-state index contributed by atoms with van der Waals surface area (Å²) in [5.41, 5.74) is 2.47. The number of nitrogens with zero attached hydrogens (tertiary/aromatic N) is 1. The minimum atomic E-state index is -0.294. The number of hydrogen-bond donors (Lipinski definition) is 3. The van der Waals surface area contributed by atoms with Gasteiger partial charge in [0.25, 0.3) is 5.91 Å². The normalized spacial score (nSPS) is 11.0. The molecule has 31 heavy (non-hydrogen) atoms. The first-order chi connectivity index (χ1) is 15.1. The lowest BCUT2D eigenvalue weighted by Crippen LogP contribution is -2.30. The Kier molecular flexibility index (Phi) is 7.53. The fourth-order valence-electron chi connectivity index (χ4n) is 2.88. The highest BCUT2D eigenvalue weighted by atomic mass is 16.5. The van der Waals surface area contributed by atoms with Crippen molar-refractivity contribution >= 4 is 23.2 Å². The maximum Gasteiger partial charge on any atom is 0.291 e. The molecule has 0 aliphatic heterocycles. The molecule has 0 aliphatic rings. The van der Waals surface area contributed by atoms with Gasteiger partial charge in [0.15, 0.2) is 23.2 Å². The van der Waals surface area contributed by atoms with Gasteiger partial charge >= 0.3 is 0 Å². The van der Waals surface area contributed by atoms with E-state index in [0.717, 1.165) is 11.3 Å². The third-order valence-corrected chi connectivity index (χ3v) is 4.34. The molecule has 1 aromatic heterocycles. The summed E-state index contributed by atoms with van der Waals surface area (Å²) in [7, 11) is 3.30. The molecule has 162 valence electrons. The van der Waals surface area contributed by atoms with Gasteiger partial charge in [0.1, 0.15) is 0 Å². The fourth-order valence-corrected chi connectivity index (χ4v) is 2.88. The molecule has 8 nitrogen and oxygen atoms in total. The number of amides is 1. The maximum absolute atomic E-state index is 12.2. The molecule has 0 unspecified atom stereocenters. The van der Waals surface area contributed by atoms with Gasteiger partial charge in [-0.15, -0.1) is 0 Å². The number of hydrogen-bond acceptors (Lipinski definition) is 5. The average Bonchev–Trinajstić information content (AvgIpc) is 3.33. The van der Waals surface area contributed by atoms with E-state index in [1.807, 2.05) is 49.4 Å². The number of methoxy groups -OCH3 is 1. The monoisotopic (exact) mass is 422 g/mol. The molecule has 0 radical (unpaired) electrons. The van der Waals surface area contributed by atoms with Crippen LogP contribution in [0.25, 0.3) is 0 Å². The lowest BCUT2D eigenvalue weighted by Gasteiger charge is -2.15. The van der Waals surface area contributed by atoms with Crippen molar-refractivity contribution < 1.29 is 18.7 Å². The van der Waals surface area contributed by atoms with Crippen molar-refractivity contribution in [2.24, 2.45) is 4.99 Å². The molecular formula is C23H26N4O4. The van der Waals surface area contributed by atoms with E-state index in [0.29, 0.717) is 36.3 Å². The third kappa shape index (κ3) is 6.02. The van der Waals surface area contributed by atoms with Gasteiger partial charge in [-0.25, -0.2) is 0 Å². The van der Waals surface area contributed by atoms with Crippen LogP contribution in [-0.2, 0) is 6.54 Å². The van der Waals surface area contributed by atoms with Crippen molar-refractivity contribution in [2.75, 3.05) is 31.4 Å². The summed E-state index contributed by atoms with van der Waals surface area (Å²) in [6, 6.07) is 16.4. The highest BCUT2D eigenvalue weighted by Crippen LogP contribution is 2.30. The molecular weight excluding hydrogens is 396 g/mol. The van der Waals surface area contributed by atoms with Gasteiger partial charge < -0.3 is 29.8 Å². The lowest BCUT2D eigenvalue weighted by molar-refractivity contribution is 0.0996. The summed E-state index contributed by atoms with van der Waals surface area (Å²) < 4.78 is 16.1. The number of carbonyl (C=O) groups is 1. The van der Waals surface area contributed by atoms with Crippen molar-refractivity contribution in [3.05, 3.63) is 72.2 Å². The molecule has 0 spiro atoms. The van der Waals surface area contributed by atoms with Crippen LogP contribution in [0.4, 0.5) is 11.4 Å². The smallest absolute Gasteiger partial charge is 0.291 e. The van der Waals surface area contributed by atoms with E-state index < -0.39 is 0 Å². The minimum absolute atomic E-state index is 0.263. The van der Waals surface area contributed by atoms with Crippen molar-refractivity contribution in [3.8, 4) is 11.5 Å². The summed E-state index contributed by atoms with van der Waals surface area (Å²) in [4.78, 5) is 16.4. The van der Waals surface area contributed by atoms with E-state index in [4.69, 9.17) is 13.9 Å². The van der Waals surface area contributed by atoms with E-state index in [-0.39, 0.29) is 11.7 Å². The van der Waals surface area contributed by atoms with E-state index >= 15 is 0 Å². The van der Waals surface area contributed by atoms with Gasteiger partial charge in [0.05, 0.1) is 20.0 Å². The molecule has 0 atom stereocenters. The topological polar surface area (TPSA) is 97.1 Å². The van der Waals surface area contributed by atoms with Crippen LogP contribution >= 0.6 is 0 Å². The Morgan fingerprint density at radius 2 is 1.87 bits per heavy atom. The zero-order chi connectivity index (χ0) is 22.1. The third-order valence-electron chi connectivity index (χ3n) is 4.34. The molecule has 0 aliphatic carbocycles. The molecule has 0 saturated carbocycles. The van der Waals surface area contributed by atoms with E-state index in [9.17, 15) is 4.79 Å². The summed E-state index contributed by atoms with van der Waals surface area (Å²) in [6.45, 7) is 3.00. The maximum atomic E-state index is 12.2. The quantitative estimate of drug-likeness (QED) is 0.373. The summed E-state index contributed by atoms with van der Waals surface area (Å²) >= 11 is 0. The summed E-state index contributed by atoms with van der Waals surface area (Å²) in [5, 5.41) is 9.31. The Bertz CT molecular complexity index is 1030. The zero-order valence-corrected chi connectivity index (χ0v) is 17.8. The average molecular weight is 422 g/mol. The number of guanidine groups is 1. The van der Waals surface area contributed by atoms with Crippen molar-refractivity contribution in [1.29, 1.82) is 0 Å². The highest BCUT2D eigenvalue weighted by Gasteiger charge is 2.10. The number of furan rings is 1. The minimum Gasteiger partial charge on any atom is -0.493 e. The fraction of sp³-hybridized carbons (Fsp3) is 0.217. The van der Waals surface area contributed by atoms with Gasteiger partial charge in [0.2, 0.25) is 0 Å². The Balaban J connectivity index is 1.60. The molecule has 3 N–H and O–H groups in total. The van der Waals surface area contributed by atoms with Crippen LogP contribution in [-0.4, -0.2) is 32.6 Å². The second-order valence-electron chi connectivity index (χ2n) is 6.48.